The summed E-state index contributed by atoms with van der Waals surface area (Å²) in [6.45, 7) is 16.7. The molecule has 0 spiro atoms. The van der Waals surface area contributed by atoms with Crippen LogP contribution in [0.5, 0.6) is 0 Å². The molecule has 0 saturated carbocycles. The number of piperidine rings is 1. The molecule has 19 heavy (non-hydrogen) atoms. The SMILES string of the molecule is CC1C(B2OC(C)(C)C(C)(C)O2)CCN(C)C1(C)C. The summed E-state index contributed by atoms with van der Waals surface area (Å²) in [5.74, 6) is 1.04. The van der Waals surface area contributed by atoms with Crippen LogP contribution in [0, 0.1) is 5.92 Å². The van der Waals surface area contributed by atoms with Crippen LogP contribution in [0.3, 0.4) is 0 Å². The smallest absolute Gasteiger partial charge is 0.403 e. The van der Waals surface area contributed by atoms with Gasteiger partial charge in [-0.2, -0.15) is 0 Å². The van der Waals surface area contributed by atoms with Crippen LogP contribution in [0.4, 0.5) is 0 Å². The van der Waals surface area contributed by atoms with E-state index in [-0.39, 0.29) is 23.9 Å². The molecule has 0 amide bonds. The Bertz CT molecular complexity index is 338. The minimum absolute atomic E-state index is 0.0621. The molecule has 2 unspecified atom stereocenters. The third kappa shape index (κ3) is 2.36. The number of nitrogens with zero attached hydrogens (tertiary/aromatic N) is 1. The molecule has 2 fully saturated rings. The monoisotopic (exact) mass is 267 g/mol. The number of hydrogen-bond donors (Lipinski definition) is 0. The molecule has 0 N–H and O–H groups in total. The molecule has 0 aromatic rings. The summed E-state index contributed by atoms with van der Waals surface area (Å²) in [6.07, 6.45) is 1.15. The number of likely N-dealkylation sites (tertiary alicyclic amines) is 1. The maximum absolute atomic E-state index is 6.26. The maximum atomic E-state index is 6.26. The van der Waals surface area contributed by atoms with Crippen LogP contribution in [0.2, 0.25) is 5.82 Å². The highest BCUT2D eigenvalue weighted by molar-refractivity contribution is 6.47. The van der Waals surface area contributed by atoms with Gasteiger partial charge in [-0.3, -0.25) is 0 Å². The molecule has 2 heterocycles. The van der Waals surface area contributed by atoms with E-state index in [0.717, 1.165) is 13.0 Å². The van der Waals surface area contributed by atoms with Gasteiger partial charge in [0.05, 0.1) is 11.2 Å². The van der Waals surface area contributed by atoms with E-state index in [0.29, 0.717) is 11.7 Å². The highest BCUT2D eigenvalue weighted by Crippen LogP contribution is 2.47. The largest absolute Gasteiger partial charge is 0.461 e. The van der Waals surface area contributed by atoms with Gasteiger partial charge in [-0.1, -0.05) is 6.92 Å². The quantitative estimate of drug-likeness (QED) is 0.681. The van der Waals surface area contributed by atoms with Crippen molar-refractivity contribution in [3.8, 4) is 0 Å². The van der Waals surface area contributed by atoms with Gasteiger partial charge in [0, 0.05) is 5.54 Å². The second-order valence-electron chi connectivity index (χ2n) is 7.94. The molecule has 0 aliphatic carbocycles. The Labute approximate surface area is 119 Å². The second-order valence-corrected chi connectivity index (χ2v) is 7.94. The fourth-order valence-electron chi connectivity index (χ4n) is 3.19. The molecule has 0 radical (unpaired) electrons. The molecule has 2 aliphatic heterocycles. The molecule has 3 nitrogen and oxygen atoms in total. The second kappa shape index (κ2) is 4.47. The van der Waals surface area contributed by atoms with Crippen LogP contribution in [0.1, 0.15) is 54.9 Å². The molecule has 0 aromatic carbocycles. The Morgan fingerprint density at radius 3 is 1.95 bits per heavy atom. The lowest BCUT2D eigenvalue weighted by molar-refractivity contribution is 0.00578. The Balaban J connectivity index is 2.17. The third-order valence-corrected chi connectivity index (χ3v) is 6.16. The fourth-order valence-corrected chi connectivity index (χ4v) is 3.19. The van der Waals surface area contributed by atoms with Gasteiger partial charge in [0.15, 0.2) is 0 Å². The summed E-state index contributed by atoms with van der Waals surface area (Å²) in [4.78, 5) is 2.46. The molecular formula is C15H30BNO2. The molecule has 0 aromatic heterocycles. The van der Waals surface area contributed by atoms with E-state index >= 15 is 0 Å². The summed E-state index contributed by atoms with van der Waals surface area (Å²) in [5.41, 5.74) is -0.234. The zero-order chi connectivity index (χ0) is 14.6. The topological polar surface area (TPSA) is 21.7 Å². The zero-order valence-electron chi connectivity index (χ0n) is 13.9. The average molecular weight is 267 g/mol. The molecule has 0 bridgehead atoms. The summed E-state index contributed by atoms with van der Waals surface area (Å²) < 4.78 is 12.5. The van der Waals surface area contributed by atoms with Gasteiger partial charge in [0.25, 0.3) is 0 Å². The van der Waals surface area contributed by atoms with Crippen molar-refractivity contribution in [2.75, 3.05) is 13.6 Å². The van der Waals surface area contributed by atoms with Crippen molar-refractivity contribution in [1.29, 1.82) is 0 Å². The van der Waals surface area contributed by atoms with Crippen molar-refractivity contribution in [3.63, 3.8) is 0 Å². The van der Waals surface area contributed by atoms with Crippen LogP contribution in [0.25, 0.3) is 0 Å². The van der Waals surface area contributed by atoms with Crippen LogP contribution in [-0.2, 0) is 9.31 Å². The van der Waals surface area contributed by atoms with E-state index in [1.165, 1.54) is 0 Å². The van der Waals surface area contributed by atoms with Crippen molar-refractivity contribution in [2.45, 2.75) is 77.4 Å². The highest BCUT2D eigenvalue weighted by Gasteiger charge is 2.56. The van der Waals surface area contributed by atoms with Crippen LogP contribution in [-0.4, -0.2) is 42.4 Å². The van der Waals surface area contributed by atoms with Gasteiger partial charge < -0.3 is 14.2 Å². The molecule has 4 heteroatoms. The first-order valence-corrected chi connectivity index (χ1v) is 7.56. The fraction of sp³-hybridized carbons (Fsp3) is 1.00. The summed E-state index contributed by atoms with van der Waals surface area (Å²) in [7, 11) is 2.16. The standard InChI is InChI=1S/C15H30BNO2/c1-11-12(9-10-17(8)13(11,2)3)16-18-14(4,5)15(6,7)19-16/h11-12H,9-10H2,1-8H3. The Morgan fingerprint density at radius 2 is 1.47 bits per heavy atom. The highest BCUT2D eigenvalue weighted by atomic mass is 16.7. The van der Waals surface area contributed by atoms with Gasteiger partial charge in [0.2, 0.25) is 0 Å². The van der Waals surface area contributed by atoms with Gasteiger partial charge in [0.1, 0.15) is 0 Å². The molecule has 2 saturated heterocycles. The Morgan fingerprint density at radius 1 is 1.00 bits per heavy atom. The Hall–Kier alpha value is -0.0551. The van der Waals surface area contributed by atoms with Crippen molar-refractivity contribution in [1.82, 2.24) is 4.90 Å². The zero-order valence-corrected chi connectivity index (χ0v) is 13.9. The van der Waals surface area contributed by atoms with Crippen molar-refractivity contribution >= 4 is 7.12 Å². The Kier molecular flexibility index (Phi) is 3.61. The predicted octanol–water partition coefficient (Wildman–Crippen LogP) is 3.20. The van der Waals surface area contributed by atoms with E-state index in [9.17, 15) is 0 Å². The van der Waals surface area contributed by atoms with E-state index in [1.54, 1.807) is 0 Å². The number of hydrogen-bond acceptors (Lipinski definition) is 3. The summed E-state index contributed by atoms with van der Waals surface area (Å²) >= 11 is 0. The van der Waals surface area contributed by atoms with Gasteiger partial charge in [-0.15, -0.1) is 0 Å². The van der Waals surface area contributed by atoms with Crippen molar-refractivity contribution < 1.29 is 9.31 Å². The average Bonchev–Trinajstić information content (AvgIpc) is 2.45. The van der Waals surface area contributed by atoms with E-state index < -0.39 is 0 Å². The molecule has 2 aliphatic rings. The van der Waals surface area contributed by atoms with Gasteiger partial charge in [-0.25, -0.2) is 0 Å². The van der Waals surface area contributed by atoms with Crippen LogP contribution in [0.15, 0.2) is 0 Å². The van der Waals surface area contributed by atoms with Crippen LogP contribution >= 0.6 is 0 Å². The lowest BCUT2D eigenvalue weighted by atomic mass is 9.57. The normalized spacial score (nSPS) is 37.6. The summed E-state index contributed by atoms with van der Waals surface area (Å²) in [6, 6.07) is 0. The van der Waals surface area contributed by atoms with E-state index in [2.05, 4.69) is 60.4 Å². The van der Waals surface area contributed by atoms with Crippen molar-refractivity contribution in [3.05, 3.63) is 0 Å². The van der Waals surface area contributed by atoms with Gasteiger partial charge >= 0.3 is 7.12 Å². The lowest BCUT2D eigenvalue weighted by Gasteiger charge is -2.49. The van der Waals surface area contributed by atoms with Crippen LogP contribution < -0.4 is 0 Å². The van der Waals surface area contributed by atoms with E-state index in [4.69, 9.17) is 9.31 Å². The molecule has 2 atom stereocenters. The molecular weight excluding hydrogens is 237 g/mol. The maximum Gasteiger partial charge on any atom is 0.461 e. The molecule has 110 valence electrons. The summed E-state index contributed by atoms with van der Waals surface area (Å²) in [5, 5.41) is 0. The minimum atomic E-state index is -0.217. The molecule has 2 rings (SSSR count). The lowest BCUT2D eigenvalue weighted by Crippen LogP contribution is -2.54. The van der Waals surface area contributed by atoms with E-state index in [1.807, 2.05) is 0 Å². The van der Waals surface area contributed by atoms with Crippen molar-refractivity contribution in [2.24, 2.45) is 5.92 Å². The first-order chi connectivity index (χ1) is 8.49. The minimum Gasteiger partial charge on any atom is -0.403 e. The predicted molar refractivity (Wildman–Crippen MR) is 80.3 cm³/mol. The third-order valence-electron chi connectivity index (χ3n) is 6.16. The van der Waals surface area contributed by atoms with Gasteiger partial charge in [-0.05, 0) is 73.3 Å². The first-order valence-electron chi connectivity index (χ1n) is 7.56. The first kappa shape index (κ1) is 15.3. The number of rotatable bonds is 1.